The maximum Gasteiger partial charge on any atom is 0.320 e. The maximum absolute atomic E-state index is 13.4. The Morgan fingerprint density at radius 3 is 2.86 bits per heavy atom. The Labute approximate surface area is 128 Å². The third-order valence-corrected chi connectivity index (χ3v) is 4.45. The molecule has 1 aliphatic rings. The number of rotatable bonds is 4. The molecule has 0 bridgehead atoms. The third-order valence-electron chi connectivity index (χ3n) is 4.45. The van der Waals surface area contributed by atoms with E-state index >= 15 is 0 Å². The quantitative estimate of drug-likeness (QED) is 0.944. The first kappa shape index (κ1) is 15.4. The highest BCUT2D eigenvalue weighted by molar-refractivity contribution is 5.75. The van der Waals surface area contributed by atoms with Crippen molar-refractivity contribution in [3.05, 3.63) is 30.1 Å². The van der Waals surface area contributed by atoms with Crippen LogP contribution in [0.2, 0.25) is 0 Å². The number of fused-ring (bicyclic) bond motifs is 1. The molecule has 4 nitrogen and oxygen atoms in total. The van der Waals surface area contributed by atoms with E-state index in [9.17, 15) is 13.9 Å². The summed E-state index contributed by atoms with van der Waals surface area (Å²) in [6.07, 6.45) is 1.60. The average Bonchev–Trinajstić information content (AvgIpc) is 2.85. The van der Waals surface area contributed by atoms with E-state index in [-0.39, 0.29) is 12.0 Å². The van der Waals surface area contributed by atoms with Crippen molar-refractivity contribution >= 4 is 11.0 Å². The number of halogens is 2. The minimum absolute atomic E-state index is 0.207. The number of hydrogen-bond donors (Lipinski definition) is 1. The fourth-order valence-electron chi connectivity index (χ4n) is 3.25. The first-order chi connectivity index (χ1) is 10.6. The van der Waals surface area contributed by atoms with Crippen LogP contribution in [-0.4, -0.2) is 38.8 Å². The van der Waals surface area contributed by atoms with Gasteiger partial charge >= 0.3 is 6.55 Å². The summed E-state index contributed by atoms with van der Waals surface area (Å²) in [4.78, 5) is 6.49. The molecule has 1 fully saturated rings. The van der Waals surface area contributed by atoms with Gasteiger partial charge in [-0.3, -0.25) is 9.47 Å². The fourth-order valence-corrected chi connectivity index (χ4v) is 3.25. The van der Waals surface area contributed by atoms with E-state index in [1.165, 1.54) is 0 Å². The van der Waals surface area contributed by atoms with Gasteiger partial charge in [-0.25, -0.2) is 4.98 Å². The molecular weight excluding hydrogens is 288 g/mol. The maximum atomic E-state index is 13.4. The number of aromatic nitrogens is 2. The predicted molar refractivity (Wildman–Crippen MR) is 80.7 cm³/mol. The molecule has 2 heterocycles. The summed E-state index contributed by atoms with van der Waals surface area (Å²) in [5, 5.41) is 9.75. The average molecular weight is 309 g/mol. The number of piperidine rings is 1. The molecular formula is C16H21F2N3O. The Hall–Kier alpha value is -1.53. The van der Waals surface area contributed by atoms with Crippen molar-refractivity contribution in [2.75, 3.05) is 13.1 Å². The van der Waals surface area contributed by atoms with Gasteiger partial charge in [0.2, 0.25) is 0 Å². The molecule has 1 N–H and O–H groups in total. The molecule has 2 atom stereocenters. The molecule has 3 rings (SSSR count). The van der Waals surface area contributed by atoms with Gasteiger partial charge in [-0.2, -0.15) is 8.78 Å². The van der Waals surface area contributed by atoms with Crippen molar-refractivity contribution in [3.8, 4) is 0 Å². The van der Waals surface area contributed by atoms with Crippen LogP contribution in [0.15, 0.2) is 24.3 Å². The summed E-state index contributed by atoms with van der Waals surface area (Å²) in [6.45, 7) is 1.17. The predicted octanol–water partition coefficient (Wildman–Crippen LogP) is 3.02. The largest absolute Gasteiger partial charge is 0.393 e. The number of hydrogen-bond acceptors (Lipinski definition) is 3. The van der Waals surface area contributed by atoms with E-state index in [0.29, 0.717) is 23.4 Å². The fraction of sp³-hybridized carbons (Fsp3) is 0.562. The van der Waals surface area contributed by atoms with E-state index in [4.69, 9.17) is 0 Å². The monoisotopic (exact) mass is 309 g/mol. The lowest BCUT2D eigenvalue weighted by Crippen LogP contribution is -2.39. The highest BCUT2D eigenvalue weighted by Gasteiger charge is 2.26. The van der Waals surface area contributed by atoms with Gasteiger partial charge in [-0.05, 0) is 44.4 Å². The van der Waals surface area contributed by atoms with Gasteiger partial charge < -0.3 is 5.11 Å². The molecule has 2 unspecified atom stereocenters. The van der Waals surface area contributed by atoms with E-state index in [0.717, 1.165) is 30.5 Å². The van der Waals surface area contributed by atoms with Crippen LogP contribution in [-0.2, 0) is 6.54 Å². The van der Waals surface area contributed by atoms with Gasteiger partial charge in [0.25, 0.3) is 0 Å². The Bertz CT molecular complexity index is 641. The lowest BCUT2D eigenvalue weighted by atomic mass is 9.93. The molecule has 0 amide bonds. The highest BCUT2D eigenvalue weighted by Crippen LogP contribution is 2.26. The SMILES string of the molecule is CC(O)C1CCCN(Cc2nc3ccccc3n2C(F)F)C1. The molecule has 6 heteroatoms. The summed E-state index contributed by atoms with van der Waals surface area (Å²) in [7, 11) is 0. The Kier molecular flexibility index (Phi) is 4.40. The number of aliphatic hydroxyl groups is 1. The van der Waals surface area contributed by atoms with Gasteiger partial charge in [0.15, 0.2) is 0 Å². The second-order valence-corrected chi connectivity index (χ2v) is 6.04. The Morgan fingerprint density at radius 2 is 2.14 bits per heavy atom. The van der Waals surface area contributed by atoms with Gasteiger partial charge in [0, 0.05) is 6.54 Å². The van der Waals surface area contributed by atoms with Crippen LogP contribution in [0.1, 0.15) is 32.1 Å². The normalized spacial score (nSPS) is 21.6. The minimum atomic E-state index is -2.60. The van der Waals surface area contributed by atoms with Crippen molar-refractivity contribution in [2.45, 2.75) is 39.0 Å². The van der Waals surface area contributed by atoms with Crippen LogP contribution in [0.4, 0.5) is 8.78 Å². The molecule has 0 radical (unpaired) electrons. The first-order valence-electron chi connectivity index (χ1n) is 7.70. The number of nitrogens with zero attached hydrogens (tertiary/aromatic N) is 3. The second-order valence-electron chi connectivity index (χ2n) is 6.04. The van der Waals surface area contributed by atoms with Crippen molar-refractivity contribution in [1.82, 2.24) is 14.5 Å². The highest BCUT2D eigenvalue weighted by atomic mass is 19.3. The topological polar surface area (TPSA) is 41.3 Å². The number of aliphatic hydroxyl groups excluding tert-OH is 1. The first-order valence-corrected chi connectivity index (χ1v) is 7.70. The van der Waals surface area contributed by atoms with Crippen molar-refractivity contribution in [3.63, 3.8) is 0 Å². The molecule has 1 saturated heterocycles. The summed E-state index contributed by atoms with van der Waals surface area (Å²) in [6, 6.07) is 6.98. The lowest BCUT2D eigenvalue weighted by molar-refractivity contribution is 0.0489. The van der Waals surface area contributed by atoms with E-state index in [1.54, 1.807) is 31.2 Å². The van der Waals surface area contributed by atoms with E-state index in [2.05, 4.69) is 9.88 Å². The van der Waals surface area contributed by atoms with Gasteiger partial charge in [0.05, 0.1) is 23.7 Å². The van der Waals surface area contributed by atoms with Gasteiger partial charge in [0.1, 0.15) is 5.82 Å². The minimum Gasteiger partial charge on any atom is -0.393 e. The number of benzene rings is 1. The molecule has 0 aliphatic carbocycles. The standard InChI is InChI=1S/C16H21F2N3O/c1-11(22)12-5-4-8-20(9-12)10-15-19-13-6-2-3-7-14(13)21(15)16(17)18/h2-3,6-7,11-12,16,22H,4-5,8-10H2,1H3. The number of imidazole rings is 1. The van der Waals surface area contributed by atoms with Crippen LogP contribution in [0, 0.1) is 5.92 Å². The zero-order valence-corrected chi connectivity index (χ0v) is 12.6. The third kappa shape index (κ3) is 2.98. The second kappa shape index (κ2) is 6.30. The van der Waals surface area contributed by atoms with Crippen LogP contribution in [0.25, 0.3) is 11.0 Å². The van der Waals surface area contributed by atoms with E-state index < -0.39 is 6.55 Å². The van der Waals surface area contributed by atoms with Crippen LogP contribution in [0.3, 0.4) is 0 Å². The molecule has 0 saturated carbocycles. The van der Waals surface area contributed by atoms with Gasteiger partial charge in [-0.15, -0.1) is 0 Å². The smallest absolute Gasteiger partial charge is 0.320 e. The molecule has 1 aromatic heterocycles. The summed E-state index contributed by atoms with van der Waals surface area (Å²) in [5.41, 5.74) is 1.07. The number of para-hydroxylation sites is 2. The summed E-state index contributed by atoms with van der Waals surface area (Å²) < 4.78 is 27.8. The van der Waals surface area contributed by atoms with Crippen molar-refractivity contribution in [1.29, 1.82) is 0 Å². The molecule has 0 spiro atoms. The zero-order valence-electron chi connectivity index (χ0n) is 12.6. The molecule has 1 aromatic carbocycles. The van der Waals surface area contributed by atoms with Crippen molar-refractivity contribution in [2.24, 2.45) is 5.92 Å². The zero-order chi connectivity index (χ0) is 15.7. The lowest BCUT2D eigenvalue weighted by Gasteiger charge is -2.33. The van der Waals surface area contributed by atoms with Crippen LogP contribution >= 0.6 is 0 Å². The molecule has 2 aromatic rings. The summed E-state index contributed by atoms with van der Waals surface area (Å²) >= 11 is 0. The molecule has 22 heavy (non-hydrogen) atoms. The number of likely N-dealkylation sites (tertiary alicyclic amines) is 1. The van der Waals surface area contributed by atoms with Crippen LogP contribution < -0.4 is 0 Å². The van der Waals surface area contributed by atoms with Crippen LogP contribution in [0.5, 0.6) is 0 Å². The molecule has 120 valence electrons. The summed E-state index contributed by atoms with van der Waals surface area (Å²) in [5.74, 6) is 0.598. The van der Waals surface area contributed by atoms with E-state index in [1.807, 2.05) is 0 Å². The number of alkyl halides is 2. The van der Waals surface area contributed by atoms with Crippen molar-refractivity contribution < 1.29 is 13.9 Å². The van der Waals surface area contributed by atoms with Gasteiger partial charge in [-0.1, -0.05) is 12.1 Å². The molecule has 1 aliphatic heterocycles. The Balaban J connectivity index is 1.85. The Morgan fingerprint density at radius 1 is 1.36 bits per heavy atom.